The fraction of sp³-hybridized carbons (Fsp3) is 0.0526. The van der Waals surface area contributed by atoms with Gasteiger partial charge in [-0.2, -0.15) is 0 Å². The predicted molar refractivity (Wildman–Crippen MR) is 97.9 cm³/mol. The van der Waals surface area contributed by atoms with E-state index in [1.54, 1.807) is 24.5 Å². The normalized spacial score (nSPS) is 11.1. The van der Waals surface area contributed by atoms with Crippen LogP contribution in [0, 0.1) is 0 Å². The van der Waals surface area contributed by atoms with Gasteiger partial charge in [0.25, 0.3) is 5.91 Å². The third-order valence-corrected chi connectivity index (χ3v) is 4.35. The molecule has 0 atom stereocenters. The Balaban J connectivity index is 1.63. The van der Waals surface area contributed by atoms with Gasteiger partial charge in [0, 0.05) is 27.6 Å². The Labute approximate surface area is 151 Å². The van der Waals surface area contributed by atoms with E-state index in [1.807, 2.05) is 36.4 Å². The van der Waals surface area contributed by atoms with Crippen molar-refractivity contribution in [1.29, 1.82) is 0 Å². The van der Waals surface area contributed by atoms with Crippen molar-refractivity contribution >= 4 is 43.8 Å². The van der Waals surface area contributed by atoms with Crippen LogP contribution in [0.1, 0.15) is 15.9 Å². The molecule has 1 amide bonds. The molecule has 0 bridgehead atoms. The van der Waals surface area contributed by atoms with Gasteiger partial charge in [0.1, 0.15) is 11.2 Å². The summed E-state index contributed by atoms with van der Waals surface area (Å²) in [6.45, 7) is 0.266. The highest BCUT2D eigenvalue weighted by Gasteiger charge is 2.16. The summed E-state index contributed by atoms with van der Waals surface area (Å²) in [5.74, 6) is -0.317. The molecular formula is C19H13BrN2O3. The number of furan rings is 1. The van der Waals surface area contributed by atoms with Gasteiger partial charge < -0.3 is 4.42 Å². The minimum absolute atomic E-state index is 0.266. The molecule has 0 aliphatic heterocycles. The van der Waals surface area contributed by atoms with E-state index >= 15 is 0 Å². The van der Waals surface area contributed by atoms with Gasteiger partial charge in [-0.05, 0) is 48.0 Å². The van der Waals surface area contributed by atoms with Crippen LogP contribution in [0.2, 0.25) is 0 Å². The Morgan fingerprint density at radius 2 is 1.96 bits per heavy atom. The molecule has 124 valence electrons. The average Bonchev–Trinajstić information content (AvgIpc) is 3.00. The minimum Gasteiger partial charge on any atom is -0.456 e. The number of amides is 1. The molecule has 2 aromatic carbocycles. The summed E-state index contributed by atoms with van der Waals surface area (Å²) < 4.78 is 6.75. The average molecular weight is 397 g/mol. The van der Waals surface area contributed by atoms with Crippen LogP contribution in [0.25, 0.3) is 21.9 Å². The minimum atomic E-state index is -0.317. The zero-order valence-corrected chi connectivity index (χ0v) is 14.6. The number of nitrogens with zero attached hydrogens (tertiary/aromatic N) is 1. The number of carbonyl (C=O) groups excluding carboxylic acids is 1. The summed E-state index contributed by atoms with van der Waals surface area (Å²) in [4.78, 5) is 21.8. The molecule has 0 radical (unpaired) electrons. The van der Waals surface area contributed by atoms with Crippen LogP contribution in [0.15, 0.2) is 69.8 Å². The van der Waals surface area contributed by atoms with Gasteiger partial charge in [-0.3, -0.25) is 14.6 Å². The lowest BCUT2D eigenvalue weighted by Crippen LogP contribution is -2.23. The first kappa shape index (κ1) is 15.8. The Hall–Kier alpha value is -2.70. The molecule has 6 heteroatoms. The van der Waals surface area contributed by atoms with Gasteiger partial charge in [0.2, 0.25) is 0 Å². The molecule has 1 N–H and O–H groups in total. The topological polar surface area (TPSA) is 64.4 Å². The second kappa shape index (κ2) is 6.66. The molecule has 0 aliphatic rings. The van der Waals surface area contributed by atoms with Gasteiger partial charge in [-0.15, -0.1) is 0 Å². The highest BCUT2D eigenvalue weighted by Crippen LogP contribution is 2.33. The number of halogens is 1. The van der Waals surface area contributed by atoms with Crippen LogP contribution in [-0.4, -0.2) is 10.9 Å². The molecule has 0 unspecified atom stereocenters. The number of fused-ring (bicyclic) bond motifs is 3. The van der Waals surface area contributed by atoms with E-state index < -0.39 is 0 Å². The number of hydrogen-bond donors (Lipinski definition) is 1. The zero-order valence-electron chi connectivity index (χ0n) is 13.0. The van der Waals surface area contributed by atoms with E-state index in [0.29, 0.717) is 11.1 Å². The van der Waals surface area contributed by atoms with Crippen molar-refractivity contribution in [2.75, 3.05) is 0 Å². The van der Waals surface area contributed by atoms with Crippen LogP contribution < -0.4 is 5.48 Å². The molecule has 0 spiro atoms. The lowest BCUT2D eigenvalue weighted by molar-refractivity contribution is 0.0235. The first-order valence-corrected chi connectivity index (χ1v) is 8.43. The number of hydroxylamine groups is 1. The van der Waals surface area contributed by atoms with Crippen molar-refractivity contribution in [3.05, 3.63) is 76.5 Å². The van der Waals surface area contributed by atoms with Gasteiger partial charge >= 0.3 is 0 Å². The van der Waals surface area contributed by atoms with E-state index in [1.165, 1.54) is 0 Å². The molecule has 25 heavy (non-hydrogen) atoms. The summed E-state index contributed by atoms with van der Waals surface area (Å²) in [6, 6.07) is 14.8. The molecule has 4 aromatic rings. The summed E-state index contributed by atoms with van der Waals surface area (Å²) >= 11 is 3.46. The van der Waals surface area contributed by atoms with Crippen molar-refractivity contribution in [2.24, 2.45) is 0 Å². The molecule has 0 fully saturated rings. The van der Waals surface area contributed by atoms with E-state index in [2.05, 4.69) is 26.4 Å². The van der Waals surface area contributed by atoms with Crippen molar-refractivity contribution in [1.82, 2.24) is 10.5 Å². The fourth-order valence-corrected chi connectivity index (χ4v) is 3.07. The van der Waals surface area contributed by atoms with Crippen LogP contribution >= 0.6 is 15.9 Å². The van der Waals surface area contributed by atoms with Crippen molar-refractivity contribution in [2.45, 2.75) is 6.61 Å². The number of benzene rings is 2. The number of rotatable bonds is 4. The number of carbonyl (C=O) groups is 1. The Bertz CT molecular complexity index is 1060. The van der Waals surface area contributed by atoms with Crippen LogP contribution in [0.4, 0.5) is 0 Å². The lowest BCUT2D eigenvalue weighted by atomic mass is 10.1. The third-order valence-electron chi connectivity index (χ3n) is 3.85. The summed E-state index contributed by atoms with van der Waals surface area (Å²) in [7, 11) is 0. The van der Waals surface area contributed by atoms with Crippen molar-refractivity contribution in [3.8, 4) is 0 Å². The highest BCUT2D eigenvalue weighted by atomic mass is 79.9. The largest absolute Gasteiger partial charge is 0.456 e. The number of pyridine rings is 1. The first-order valence-electron chi connectivity index (χ1n) is 7.64. The Kier molecular flexibility index (Phi) is 4.21. The maximum absolute atomic E-state index is 12.6. The van der Waals surface area contributed by atoms with Crippen molar-refractivity contribution < 1.29 is 14.0 Å². The van der Waals surface area contributed by atoms with Crippen molar-refractivity contribution in [3.63, 3.8) is 0 Å². The SMILES string of the molecule is O=C(NOCc1ccncc1)c1cccc2oc3ccc(Br)cc3c12. The fourth-order valence-electron chi connectivity index (χ4n) is 2.71. The van der Waals surface area contributed by atoms with E-state index in [0.717, 1.165) is 26.4 Å². The first-order chi connectivity index (χ1) is 12.2. The zero-order chi connectivity index (χ0) is 17.2. The molecule has 0 saturated heterocycles. The Morgan fingerprint density at radius 3 is 2.80 bits per heavy atom. The van der Waals surface area contributed by atoms with Gasteiger partial charge in [-0.25, -0.2) is 5.48 Å². The molecule has 0 aliphatic carbocycles. The molecular weight excluding hydrogens is 384 g/mol. The smallest absolute Gasteiger partial charge is 0.275 e. The Morgan fingerprint density at radius 1 is 1.12 bits per heavy atom. The second-order valence-corrected chi connectivity index (χ2v) is 6.41. The third kappa shape index (κ3) is 3.14. The maximum Gasteiger partial charge on any atom is 0.275 e. The molecule has 2 aromatic heterocycles. The molecule has 4 rings (SSSR count). The molecule has 2 heterocycles. The quantitative estimate of drug-likeness (QED) is 0.511. The van der Waals surface area contributed by atoms with Gasteiger partial charge in [0.15, 0.2) is 0 Å². The maximum atomic E-state index is 12.6. The predicted octanol–water partition coefficient (Wildman–Crippen LogP) is 4.61. The number of nitrogens with one attached hydrogen (secondary N) is 1. The van der Waals surface area contributed by atoms with Gasteiger partial charge in [0.05, 0.1) is 12.2 Å². The lowest BCUT2D eigenvalue weighted by Gasteiger charge is -2.07. The molecule has 5 nitrogen and oxygen atoms in total. The molecule has 0 saturated carbocycles. The monoisotopic (exact) mass is 396 g/mol. The van der Waals surface area contributed by atoms with E-state index in [4.69, 9.17) is 9.25 Å². The second-order valence-electron chi connectivity index (χ2n) is 5.50. The summed E-state index contributed by atoms with van der Waals surface area (Å²) in [5.41, 5.74) is 5.32. The van der Waals surface area contributed by atoms with E-state index in [-0.39, 0.29) is 12.5 Å². The summed E-state index contributed by atoms with van der Waals surface area (Å²) in [6.07, 6.45) is 3.35. The standard InChI is InChI=1S/C19H13BrN2O3/c20-13-4-5-16-15(10-13)18-14(2-1-3-17(18)25-16)19(23)22-24-11-12-6-8-21-9-7-12/h1-10H,11H2,(H,22,23). The summed E-state index contributed by atoms with van der Waals surface area (Å²) in [5, 5.41) is 1.65. The van der Waals surface area contributed by atoms with Gasteiger partial charge in [-0.1, -0.05) is 22.0 Å². The number of hydrogen-bond acceptors (Lipinski definition) is 4. The van der Waals surface area contributed by atoms with Crippen LogP contribution in [0.5, 0.6) is 0 Å². The number of aromatic nitrogens is 1. The van der Waals surface area contributed by atoms with Crippen LogP contribution in [0.3, 0.4) is 0 Å². The van der Waals surface area contributed by atoms with Crippen LogP contribution in [-0.2, 0) is 11.4 Å². The highest BCUT2D eigenvalue weighted by molar-refractivity contribution is 9.10. The van der Waals surface area contributed by atoms with E-state index in [9.17, 15) is 4.79 Å².